The highest BCUT2D eigenvalue weighted by Gasteiger charge is 2.71. The lowest BCUT2D eigenvalue weighted by molar-refractivity contribution is -0.376. The van der Waals surface area contributed by atoms with E-state index < -0.39 is 23.5 Å². The maximum Gasteiger partial charge on any atom is 0.430 e. The Balaban J connectivity index is 3.38. The van der Waals surface area contributed by atoms with E-state index in [1.807, 2.05) is 0 Å². The minimum absolute atomic E-state index is 0.570. The van der Waals surface area contributed by atoms with Gasteiger partial charge in [-0.15, -0.1) is 0 Å². The van der Waals surface area contributed by atoms with Crippen molar-refractivity contribution in [1.29, 1.82) is 0 Å². The zero-order valence-corrected chi connectivity index (χ0v) is 7.89. The third-order valence-electron chi connectivity index (χ3n) is 2.07. The van der Waals surface area contributed by atoms with Crippen LogP contribution in [0.4, 0.5) is 26.3 Å². The maximum absolute atomic E-state index is 12.3. The van der Waals surface area contributed by atoms with Crippen LogP contribution < -0.4 is 0 Å². The van der Waals surface area contributed by atoms with Gasteiger partial charge in [0.1, 0.15) is 0 Å². The predicted octanol–water partition coefficient (Wildman–Crippen LogP) is 2.34. The van der Waals surface area contributed by atoms with Crippen molar-refractivity contribution in [2.75, 3.05) is 0 Å². The lowest BCUT2D eigenvalue weighted by atomic mass is 9.95. The summed E-state index contributed by atoms with van der Waals surface area (Å²) in [6, 6.07) is 0.570. The van der Waals surface area contributed by atoms with Gasteiger partial charge in [0.15, 0.2) is 0 Å². The summed E-state index contributed by atoms with van der Waals surface area (Å²) < 4.78 is 74.9. The largest absolute Gasteiger partial charge is 0.430 e. The Morgan fingerprint density at radius 1 is 1.06 bits per heavy atom. The lowest BCUT2D eigenvalue weighted by Gasteiger charge is -2.31. The van der Waals surface area contributed by atoms with Gasteiger partial charge in [-0.1, -0.05) is 0 Å². The summed E-state index contributed by atoms with van der Waals surface area (Å²) in [5.74, 6) is 0. The molecule has 16 heavy (non-hydrogen) atoms. The SMILES string of the molecule is Cn1ccc(C(O)(C(F)(F)F)C(F)(F)F)c1. The molecule has 0 saturated carbocycles. The van der Waals surface area contributed by atoms with Crippen LogP contribution in [-0.4, -0.2) is 22.0 Å². The lowest BCUT2D eigenvalue weighted by Crippen LogP contribution is -2.53. The number of aryl methyl sites for hydroxylation is 1. The van der Waals surface area contributed by atoms with Gasteiger partial charge in [-0.3, -0.25) is 0 Å². The van der Waals surface area contributed by atoms with Crippen molar-refractivity contribution in [2.24, 2.45) is 7.05 Å². The molecule has 1 heterocycles. The van der Waals surface area contributed by atoms with Crippen LogP contribution in [0, 0.1) is 0 Å². The van der Waals surface area contributed by atoms with E-state index in [9.17, 15) is 26.3 Å². The fourth-order valence-corrected chi connectivity index (χ4v) is 1.21. The molecule has 8 heteroatoms. The fraction of sp³-hybridized carbons (Fsp3) is 0.500. The van der Waals surface area contributed by atoms with E-state index in [0.29, 0.717) is 12.3 Å². The highest BCUT2D eigenvalue weighted by atomic mass is 19.4. The molecule has 0 fully saturated rings. The van der Waals surface area contributed by atoms with Crippen molar-refractivity contribution in [3.8, 4) is 0 Å². The molecule has 1 aromatic heterocycles. The van der Waals surface area contributed by atoms with Gasteiger partial charge in [0.05, 0.1) is 0 Å². The van der Waals surface area contributed by atoms with E-state index in [4.69, 9.17) is 5.11 Å². The van der Waals surface area contributed by atoms with Crippen LogP contribution in [0.3, 0.4) is 0 Å². The van der Waals surface area contributed by atoms with Gasteiger partial charge in [0, 0.05) is 25.0 Å². The highest BCUT2D eigenvalue weighted by Crippen LogP contribution is 2.49. The Morgan fingerprint density at radius 2 is 1.50 bits per heavy atom. The van der Waals surface area contributed by atoms with E-state index in [1.54, 1.807) is 0 Å². The molecular weight excluding hydrogens is 240 g/mol. The summed E-state index contributed by atoms with van der Waals surface area (Å²) >= 11 is 0. The van der Waals surface area contributed by atoms with Crippen LogP contribution in [0.1, 0.15) is 5.56 Å². The van der Waals surface area contributed by atoms with E-state index in [0.717, 1.165) is 10.8 Å². The van der Waals surface area contributed by atoms with Gasteiger partial charge in [-0.25, -0.2) is 0 Å². The molecule has 0 aliphatic heterocycles. The van der Waals surface area contributed by atoms with Crippen molar-refractivity contribution in [3.63, 3.8) is 0 Å². The molecule has 0 amide bonds. The number of hydrogen-bond acceptors (Lipinski definition) is 1. The molecule has 0 bridgehead atoms. The summed E-state index contributed by atoms with van der Waals surface area (Å²) in [6.07, 6.45) is -10.1. The number of aromatic nitrogens is 1. The Hall–Kier alpha value is -1.18. The number of alkyl halides is 6. The monoisotopic (exact) mass is 247 g/mol. The molecule has 0 aliphatic carbocycles. The minimum Gasteiger partial charge on any atom is -0.369 e. The Kier molecular flexibility index (Phi) is 2.74. The molecule has 1 rings (SSSR count). The Labute approximate surface area is 86.1 Å². The predicted molar refractivity (Wildman–Crippen MR) is 41.4 cm³/mol. The number of rotatable bonds is 1. The molecule has 0 aromatic carbocycles. The van der Waals surface area contributed by atoms with Crippen LogP contribution in [-0.2, 0) is 12.6 Å². The number of hydrogen-bond donors (Lipinski definition) is 1. The second-order valence-electron chi connectivity index (χ2n) is 3.27. The maximum atomic E-state index is 12.3. The normalized spacial score (nSPS) is 14.2. The summed E-state index contributed by atoms with van der Waals surface area (Å²) in [4.78, 5) is 0. The fourth-order valence-electron chi connectivity index (χ4n) is 1.21. The average Bonchev–Trinajstić information content (AvgIpc) is 2.46. The first-order valence-electron chi connectivity index (χ1n) is 3.98. The van der Waals surface area contributed by atoms with E-state index in [1.165, 1.54) is 7.05 Å². The standard InChI is InChI=1S/C8H7F6NO/c1-15-3-2-5(4-15)6(16,7(9,10)11)8(12,13)14/h2-4,16H,1H3. The van der Waals surface area contributed by atoms with Gasteiger partial charge >= 0.3 is 12.4 Å². The van der Waals surface area contributed by atoms with E-state index in [-0.39, 0.29) is 0 Å². The highest BCUT2D eigenvalue weighted by molar-refractivity contribution is 5.24. The van der Waals surface area contributed by atoms with Crippen molar-refractivity contribution in [2.45, 2.75) is 18.0 Å². The molecule has 0 saturated heterocycles. The van der Waals surface area contributed by atoms with Crippen LogP contribution >= 0.6 is 0 Å². The molecule has 0 unspecified atom stereocenters. The Morgan fingerprint density at radius 3 is 1.75 bits per heavy atom. The van der Waals surface area contributed by atoms with Crippen LogP contribution in [0.2, 0.25) is 0 Å². The molecule has 92 valence electrons. The zero-order valence-electron chi connectivity index (χ0n) is 7.89. The summed E-state index contributed by atoms with van der Waals surface area (Å²) in [5.41, 5.74) is -6.09. The molecule has 0 aliphatic rings. The molecule has 0 radical (unpaired) electrons. The smallest absolute Gasteiger partial charge is 0.369 e. The first kappa shape index (κ1) is 12.9. The molecule has 0 atom stereocenters. The second-order valence-corrected chi connectivity index (χ2v) is 3.27. The topological polar surface area (TPSA) is 25.2 Å². The van der Waals surface area contributed by atoms with Crippen molar-refractivity contribution < 1.29 is 31.4 Å². The number of halogens is 6. The van der Waals surface area contributed by atoms with Crippen LogP contribution in [0.25, 0.3) is 0 Å². The van der Waals surface area contributed by atoms with Gasteiger partial charge < -0.3 is 9.67 Å². The summed E-state index contributed by atoms with van der Waals surface area (Å²) in [7, 11) is 1.25. The summed E-state index contributed by atoms with van der Waals surface area (Å²) in [5, 5.41) is 8.91. The second kappa shape index (κ2) is 3.41. The first-order valence-corrected chi connectivity index (χ1v) is 3.98. The van der Waals surface area contributed by atoms with Crippen molar-refractivity contribution in [1.82, 2.24) is 4.57 Å². The van der Waals surface area contributed by atoms with Crippen molar-refractivity contribution in [3.05, 3.63) is 24.0 Å². The first-order chi connectivity index (χ1) is 7.00. The van der Waals surface area contributed by atoms with Gasteiger partial charge in [0.2, 0.25) is 0 Å². The summed E-state index contributed by atoms with van der Waals surface area (Å²) in [6.45, 7) is 0. The quantitative estimate of drug-likeness (QED) is 0.757. The molecular formula is C8H7F6NO. The van der Waals surface area contributed by atoms with Crippen molar-refractivity contribution >= 4 is 0 Å². The van der Waals surface area contributed by atoms with Gasteiger partial charge in [0.25, 0.3) is 5.60 Å². The van der Waals surface area contributed by atoms with Gasteiger partial charge in [-0.2, -0.15) is 26.3 Å². The molecule has 1 N–H and O–H groups in total. The Bertz CT molecular complexity index is 363. The van der Waals surface area contributed by atoms with E-state index >= 15 is 0 Å². The zero-order chi connectivity index (χ0) is 12.8. The van der Waals surface area contributed by atoms with E-state index in [2.05, 4.69) is 0 Å². The molecule has 2 nitrogen and oxygen atoms in total. The molecule has 0 spiro atoms. The van der Waals surface area contributed by atoms with Gasteiger partial charge in [-0.05, 0) is 6.07 Å². The average molecular weight is 247 g/mol. The van der Waals surface area contributed by atoms with Crippen LogP contribution in [0.5, 0.6) is 0 Å². The number of nitrogens with zero attached hydrogens (tertiary/aromatic N) is 1. The molecule has 1 aromatic rings. The number of aliphatic hydroxyl groups is 1. The third-order valence-corrected chi connectivity index (χ3v) is 2.07. The van der Waals surface area contributed by atoms with Crippen LogP contribution in [0.15, 0.2) is 18.5 Å². The minimum atomic E-state index is -5.83. The third kappa shape index (κ3) is 1.77.